The molecule has 7 nitrogen and oxygen atoms in total. The minimum atomic E-state index is -0.506. The summed E-state index contributed by atoms with van der Waals surface area (Å²) in [5.41, 5.74) is 1.94. The van der Waals surface area contributed by atoms with Gasteiger partial charge in [0.2, 0.25) is 11.7 Å². The molecule has 1 aromatic carbocycles. The number of anilines is 1. The van der Waals surface area contributed by atoms with Crippen molar-refractivity contribution in [3.8, 4) is 11.4 Å². The molecule has 0 radical (unpaired) electrons. The van der Waals surface area contributed by atoms with Gasteiger partial charge in [0.05, 0.1) is 5.56 Å². The van der Waals surface area contributed by atoms with E-state index < -0.39 is 5.97 Å². The number of aromatic nitrogens is 2. The van der Waals surface area contributed by atoms with Crippen molar-refractivity contribution in [3.63, 3.8) is 0 Å². The van der Waals surface area contributed by atoms with Crippen LogP contribution in [0.2, 0.25) is 0 Å². The van der Waals surface area contributed by atoms with E-state index in [2.05, 4.69) is 10.1 Å². The minimum absolute atomic E-state index is 0.0716. The van der Waals surface area contributed by atoms with Gasteiger partial charge in [-0.15, -0.1) is 0 Å². The van der Waals surface area contributed by atoms with E-state index in [4.69, 9.17) is 9.26 Å². The lowest BCUT2D eigenvalue weighted by molar-refractivity contribution is -0.117. The number of esters is 1. The van der Waals surface area contributed by atoms with Crippen molar-refractivity contribution in [1.29, 1.82) is 0 Å². The van der Waals surface area contributed by atoms with Crippen LogP contribution in [0.1, 0.15) is 29.1 Å². The average molecular weight is 369 g/mol. The molecule has 1 fully saturated rings. The Hall–Kier alpha value is -3.00. The number of amides is 1. The fourth-order valence-corrected chi connectivity index (χ4v) is 3.39. The third-order valence-corrected chi connectivity index (χ3v) is 4.72. The van der Waals surface area contributed by atoms with Crippen LogP contribution in [0.3, 0.4) is 0 Å². The molecule has 4 rings (SSSR count). The molecule has 8 heteroatoms. The largest absolute Gasteiger partial charge is 0.452 e. The second kappa shape index (κ2) is 7.09. The molecule has 0 unspecified atom stereocenters. The highest BCUT2D eigenvalue weighted by Crippen LogP contribution is 2.23. The standard InChI is InChI=1S/C18H15N3O4S/c22-16-5-2-7-21(16)14-4-1-3-12(9-14)18(23)24-10-15-19-17(20-25-15)13-6-8-26-11-13/h1,3-4,6,8-9,11H,2,5,7,10H2. The number of ether oxygens (including phenoxy) is 1. The van der Waals surface area contributed by atoms with Crippen molar-refractivity contribution in [1.82, 2.24) is 10.1 Å². The summed E-state index contributed by atoms with van der Waals surface area (Å²) in [7, 11) is 0. The van der Waals surface area contributed by atoms with Gasteiger partial charge in [-0.25, -0.2) is 4.79 Å². The molecule has 1 amide bonds. The van der Waals surface area contributed by atoms with Gasteiger partial charge in [-0.3, -0.25) is 4.79 Å². The smallest absolute Gasteiger partial charge is 0.338 e. The molecule has 26 heavy (non-hydrogen) atoms. The zero-order valence-corrected chi connectivity index (χ0v) is 14.6. The van der Waals surface area contributed by atoms with Gasteiger partial charge in [0.1, 0.15) is 0 Å². The molecule has 1 aliphatic rings. The normalized spacial score (nSPS) is 14.0. The summed E-state index contributed by atoms with van der Waals surface area (Å²) in [4.78, 5) is 30.0. The highest BCUT2D eigenvalue weighted by Gasteiger charge is 2.22. The Balaban J connectivity index is 1.41. The quantitative estimate of drug-likeness (QED) is 0.642. The van der Waals surface area contributed by atoms with E-state index >= 15 is 0 Å². The number of rotatable bonds is 5. The monoisotopic (exact) mass is 369 g/mol. The second-order valence-corrected chi connectivity index (χ2v) is 6.58. The lowest BCUT2D eigenvalue weighted by Crippen LogP contribution is -2.23. The van der Waals surface area contributed by atoms with E-state index in [0.29, 0.717) is 30.0 Å². The van der Waals surface area contributed by atoms with Crippen molar-refractivity contribution in [2.24, 2.45) is 0 Å². The molecule has 0 bridgehead atoms. The van der Waals surface area contributed by atoms with Gasteiger partial charge in [-0.1, -0.05) is 11.2 Å². The van der Waals surface area contributed by atoms with Gasteiger partial charge in [-0.2, -0.15) is 16.3 Å². The van der Waals surface area contributed by atoms with Gasteiger partial charge < -0.3 is 14.2 Å². The third-order valence-electron chi connectivity index (χ3n) is 4.04. The number of carbonyl (C=O) groups excluding carboxylic acids is 2. The highest BCUT2D eigenvalue weighted by molar-refractivity contribution is 7.08. The lowest BCUT2D eigenvalue weighted by atomic mass is 10.2. The molecule has 3 heterocycles. The molecule has 1 saturated heterocycles. The van der Waals surface area contributed by atoms with Crippen LogP contribution in [0.5, 0.6) is 0 Å². The van der Waals surface area contributed by atoms with Crippen LogP contribution in [-0.2, 0) is 16.1 Å². The van der Waals surface area contributed by atoms with Crippen LogP contribution < -0.4 is 4.90 Å². The topological polar surface area (TPSA) is 85.5 Å². The zero-order valence-electron chi connectivity index (χ0n) is 13.8. The maximum atomic E-state index is 12.3. The summed E-state index contributed by atoms with van der Waals surface area (Å²) in [6, 6.07) is 8.74. The van der Waals surface area contributed by atoms with Crippen molar-refractivity contribution in [2.45, 2.75) is 19.4 Å². The first-order valence-corrected chi connectivity index (χ1v) is 9.08. The van der Waals surface area contributed by atoms with Crippen molar-refractivity contribution >= 4 is 28.9 Å². The molecular formula is C18H15N3O4S. The number of carbonyl (C=O) groups is 2. The zero-order chi connectivity index (χ0) is 17.9. The maximum absolute atomic E-state index is 12.3. The summed E-state index contributed by atoms with van der Waals surface area (Å²) < 4.78 is 10.4. The lowest BCUT2D eigenvalue weighted by Gasteiger charge is -2.16. The number of hydrogen-bond donors (Lipinski definition) is 0. The van der Waals surface area contributed by atoms with E-state index in [1.165, 1.54) is 11.3 Å². The summed E-state index contributed by atoms with van der Waals surface area (Å²) in [6.07, 6.45) is 1.37. The molecule has 0 aliphatic carbocycles. The van der Waals surface area contributed by atoms with Crippen LogP contribution in [0, 0.1) is 0 Å². The fraction of sp³-hybridized carbons (Fsp3) is 0.222. The second-order valence-electron chi connectivity index (χ2n) is 5.80. The van der Waals surface area contributed by atoms with Crippen LogP contribution >= 0.6 is 11.3 Å². The Morgan fingerprint density at radius 3 is 3.04 bits per heavy atom. The summed E-state index contributed by atoms with van der Waals surface area (Å²) in [5, 5.41) is 7.70. The summed E-state index contributed by atoms with van der Waals surface area (Å²) in [5.74, 6) is 0.258. The number of benzene rings is 1. The molecule has 132 valence electrons. The molecular weight excluding hydrogens is 354 g/mol. The van der Waals surface area contributed by atoms with Crippen LogP contribution in [-0.4, -0.2) is 28.6 Å². The third kappa shape index (κ3) is 3.36. The van der Waals surface area contributed by atoms with E-state index in [9.17, 15) is 9.59 Å². The maximum Gasteiger partial charge on any atom is 0.338 e. The van der Waals surface area contributed by atoms with Crippen molar-refractivity contribution in [2.75, 3.05) is 11.4 Å². The molecule has 0 saturated carbocycles. The van der Waals surface area contributed by atoms with Crippen molar-refractivity contribution < 1.29 is 18.8 Å². The molecule has 0 atom stereocenters. The minimum Gasteiger partial charge on any atom is -0.452 e. The predicted molar refractivity (Wildman–Crippen MR) is 94.8 cm³/mol. The molecule has 0 spiro atoms. The Kier molecular flexibility index (Phi) is 4.49. The van der Waals surface area contributed by atoms with Gasteiger partial charge >= 0.3 is 5.97 Å². The molecule has 0 N–H and O–H groups in total. The Morgan fingerprint density at radius 1 is 1.35 bits per heavy atom. The van der Waals surface area contributed by atoms with Gasteiger partial charge in [-0.05, 0) is 36.1 Å². The Bertz CT molecular complexity index is 936. The van der Waals surface area contributed by atoms with E-state index in [-0.39, 0.29) is 18.4 Å². The fourth-order valence-electron chi connectivity index (χ4n) is 2.75. The SMILES string of the molecule is O=C(OCc1nc(-c2ccsc2)no1)c1cccc(N2CCCC2=O)c1. The first-order valence-electron chi connectivity index (χ1n) is 8.13. The first kappa shape index (κ1) is 16.5. The predicted octanol–water partition coefficient (Wildman–Crippen LogP) is 3.28. The van der Waals surface area contributed by atoms with E-state index in [1.807, 2.05) is 22.9 Å². The van der Waals surface area contributed by atoms with Gasteiger partial charge in [0, 0.05) is 29.6 Å². The number of thiophene rings is 1. The molecule has 3 aromatic rings. The van der Waals surface area contributed by atoms with Crippen LogP contribution in [0.25, 0.3) is 11.4 Å². The van der Waals surface area contributed by atoms with E-state index in [0.717, 1.165) is 12.0 Å². The summed E-state index contributed by atoms with van der Waals surface area (Å²) >= 11 is 1.54. The van der Waals surface area contributed by atoms with Crippen LogP contribution in [0.4, 0.5) is 5.69 Å². The van der Waals surface area contributed by atoms with E-state index in [1.54, 1.807) is 23.1 Å². The molecule has 2 aromatic heterocycles. The average Bonchev–Trinajstić information content (AvgIpc) is 3.40. The highest BCUT2D eigenvalue weighted by atomic mass is 32.1. The number of nitrogens with zero attached hydrogens (tertiary/aromatic N) is 3. The van der Waals surface area contributed by atoms with Crippen LogP contribution in [0.15, 0.2) is 45.6 Å². The van der Waals surface area contributed by atoms with Crippen molar-refractivity contribution in [3.05, 3.63) is 52.5 Å². The summed E-state index contributed by atoms with van der Waals surface area (Å²) in [6.45, 7) is 0.563. The molecule has 1 aliphatic heterocycles. The number of hydrogen-bond acceptors (Lipinski definition) is 7. The Labute approximate surface area is 153 Å². The first-order chi connectivity index (χ1) is 12.7. The Morgan fingerprint density at radius 2 is 2.27 bits per heavy atom. The van der Waals surface area contributed by atoms with Gasteiger partial charge in [0.25, 0.3) is 5.89 Å². The van der Waals surface area contributed by atoms with Gasteiger partial charge in [0.15, 0.2) is 6.61 Å².